The fourth-order valence-corrected chi connectivity index (χ4v) is 4.66. The Labute approximate surface area is 179 Å². The van der Waals surface area contributed by atoms with Crippen LogP contribution in [0, 0.1) is 0 Å². The number of esters is 1. The normalized spacial score (nSPS) is 10.8. The molecule has 7 nitrogen and oxygen atoms in total. The van der Waals surface area contributed by atoms with Crippen molar-refractivity contribution >= 4 is 50.5 Å². The van der Waals surface area contributed by atoms with Crippen molar-refractivity contribution in [2.45, 2.75) is 13.5 Å². The number of thiophene rings is 2. The number of carbonyl (C=O) groups is 2. The summed E-state index contributed by atoms with van der Waals surface area (Å²) in [5.41, 5.74) is 1.01. The van der Waals surface area contributed by atoms with E-state index >= 15 is 0 Å². The first-order valence-electron chi connectivity index (χ1n) is 9.15. The van der Waals surface area contributed by atoms with Gasteiger partial charge in [0.2, 0.25) is 5.91 Å². The van der Waals surface area contributed by atoms with E-state index < -0.39 is 11.9 Å². The van der Waals surface area contributed by atoms with Crippen LogP contribution in [-0.4, -0.2) is 28.0 Å². The third kappa shape index (κ3) is 4.03. The highest BCUT2D eigenvalue weighted by atomic mass is 32.1. The zero-order valence-corrected chi connectivity index (χ0v) is 17.6. The second kappa shape index (κ2) is 8.60. The van der Waals surface area contributed by atoms with Gasteiger partial charge < -0.3 is 10.1 Å². The van der Waals surface area contributed by atoms with Crippen molar-refractivity contribution < 1.29 is 14.3 Å². The molecular weight excluding hydrogens is 422 g/mol. The van der Waals surface area contributed by atoms with E-state index in [2.05, 4.69) is 10.3 Å². The van der Waals surface area contributed by atoms with Crippen molar-refractivity contribution in [1.29, 1.82) is 0 Å². The smallest absolute Gasteiger partial charge is 0.350 e. The molecule has 0 fully saturated rings. The first-order chi connectivity index (χ1) is 14.6. The van der Waals surface area contributed by atoms with E-state index in [-0.39, 0.29) is 18.7 Å². The minimum absolute atomic E-state index is 0.212. The summed E-state index contributed by atoms with van der Waals surface area (Å²) in [5.74, 6) is -0.935. The van der Waals surface area contributed by atoms with E-state index in [4.69, 9.17) is 4.74 Å². The highest BCUT2D eigenvalue weighted by molar-refractivity contribution is 7.18. The molecule has 0 aliphatic rings. The molecule has 0 radical (unpaired) electrons. The van der Waals surface area contributed by atoms with Gasteiger partial charge in [0.15, 0.2) is 0 Å². The molecule has 0 spiro atoms. The Hall–Kier alpha value is -3.30. The van der Waals surface area contributed by atoms with Crippen molar-refractivity contribution in [1.82, 2.24) is 9.55 Å². The average molecular weight is 440 g/mol. The maximum atomic E-state index is 12.6. The van der Waals surface area contributed by atoms with Crippen LogP contribution in [0.5, 0.6) is 0 Å². The van der Waals surface area contributed by atoms with E-state index in [9.17, 15) is 14.4 Å². The average Bonchev–Trinajstić information content (AvgIpc) is 3.38. The summed E-state index contributed by atoms with van der Waals surface area (Å²) in [6.07, 6.45) is 1.36. The lowest BCUT2D eigenvalue weighted by atomic mass is 10.2. The third-order valence-corrected chi connectivity index (χ3v) is 6.27. The Bertz CT molecular complexity index is 1270. The first-order valence-corrected chi connectivity index (χ1v) is 10.8. The van der Waals surface area contributed by atoms with Crippen LogP contribution in [0.4, 0.5) is 5.69 Å². The topological polar surface area (TPSA) is 90.3 Å². The molecule has 0 bridgehead atoms. The van der Waals surface area contributed by atoms with E-state index in [0.717, 1.165) is 10.4 Å². The highest BCUT2D eigenvalue weighted by Gasteiger charge is 2.20. The molecule has 4 rings (SSSR count). The Morgan fingerprint density at radius 1 is 1.20 bits per heavy atom. The largest absolute Gasteiger partial charge is 0.462 e. The molecule has 152 valence electrons. The summed E-state index contributed by atoms with van der Waals surface area (Å²) in [4.78, 5) is 43.5. The summed E-state index contributed by atoms with van der Waals surface area (Å²) in [6, 6.07) is 13.0. The van der Waals surface area contributed by atoms with Crippen LogP contribution >= 0.6 is 22.7 Å². The summed E-state index contributed by atoms with van der Waals surface area (Å²) < 4.78 is 6.38. The second-order valence-corrected chi connectivity index (χ2v) is 8.25. The lowest BCUT2D eigenvalue weighted by Crippen LogP contribution is -2.27. The molecule has 0 aliphatic heterocycles. The maximum absolute atomic E-state index is 12.6. The van der Waals surface area contributed by atoms with Gasteiger partial charge >= 0.3 is 5.97 Å². The Kier molecular flexibility index (Phi) is 5.73. The van der Waals surface area contributed by atoms with Gasteiger partial charge in [-0.1, -0.05) is 30.3 Å². The first kappa shape index (κ1) is 20.0. The van der Waals surface area contributed by atoms with Gasteiger partial charge in [0.25, 0.3) is 5.56 Å². The standard InChI is InChI=1S/C21H17N3O4S2/c1-2-28-21(27)18-15(10-16(30-18)13-6-4-3-5-7-13)23-17(25)11-24-12-22-19-14(20(24)26)8-9-29-19/h3-10,12H,2,11H2,1H3,(H,23,25). The highest BCUT2D eigenvalue weighted by Crippen LogP contribution is 2.35. The fraction of sp³-hybridized carbons (Fsp3) is 0.143. The van der Waals surface area contributed by atoms with Crippen LogP contribution in [0.15, 0.2) is 59.0 Å². The number of anilines is 1. The molecule has 1 amide bonds. The molecule has 1 aromatic carbocycles. The number of nitrogens with zero attached hydrogens (tertiary/aromatic N) is 2. The number of ether oxygens (including phenoxy) is 1. The molecular formula is C21H17N3O4S2. The number of hydrogen-bond acceptors (Lipinski definition) is 7. The van der Waals surface area contributed by atoms with Gasteiger partial charge in [-0.15, -0.1) is 22.7 Å². The van der Waals surface area contributed by atoms with Crippen molar-refractivity contribution in [3.05, 3.63) is 69.4 Å². The summed E-state index contributed by atoms with van der Waals surface area (Å²) >= 11 is 2.61. The molecule has 4 aromatic rings. The van der Waals surface area contributed by atoms with Gasteiger partial charge in [-0.25, -0.2) is 9.78 Å². The summed E-state index contributed by atoms with van der Waals surface area (Å²) in [5, 5.41) is 5.00. The molecule has 0 aliphatic carbocycles. The number of hydrogen-bond donors (Lipinski definition) is 1. The zero-order chi connectivity index (χ0) is 21.1. The van der Waals surface area contributed by atoms with E-state index in [1.165, 1.54) is 33.6 Å². The predicted molar refractivity (Wildman–Crippen MR) is 118 cm³/mol. The SMILES string of the molecule is CCOC(=O)c1sc(-c2ccccc2)cc1NC(=O)Cn1cnc2sccc2c1=O. The van der Waals surface area contributed by atoms with Crippen LogP contribution in [-0.2, 0) is 16.1 Å². The number of aromatic nitrogens is 2. The van der Waals surface area contributed by atoms with Crippen LogP contribution in [0.2, 0.25) is 0 Å². The Morgan fingerprint density at radius 2 is 2.00 bits per heavy atom. The molecule has 9 heteroatoms. The molecule has 0 saturated heterocycles. The van der Waals surface area contributed by atoms with E-state index in [1.807, 2.05) is 30.3 Å². The monoisotopic (exact) mass is 439 g/mol. The van der Waals surface area contributed by atoms with Gasteiger partial charge in [-0.2, -0.15) is 0 Å². The molecule has 3 aromatic heterocycles. The van der Waals surface area contributed by atoms with Crippen LogP contribution in [0.1, 0.15) is 16.6 Å². The van der Waals surface area contributed by atoms with Gasteiger partial charge in [-0.3, -0.25) is 14.2 Å². The molecule has 3 heterocycles. The summed E-state index contributed by atoms with van der Waals surface area (Å²) in [7, 11) is 0. The van der Waals surface area contributed by atoms with Crippen LogP contribution < -0.4 is 10.9 Å². The lowest BCUT2D eigenvalue weighted by Gasteiger charge is -2.08. The number of benzene rings is 1. The number of nitrogens with one attached hydrogen (secondary N) is 1. The van der Waals surface area contributed by atoms with Gasteiger partial charge in [-0.05, 0) is 30.0 Å². The minimum atomic E-state index is -0.501. The predicted octanol–water partition coefficient (Wildman–Crippen LogP) is 4.00. The van der Waals surface area contributed by atoms with Crippen molar-refractivity contribution in [2.75, 3.05) is 11.9 Å². The quantitative estimate of drug-likeness (QED) is 0.459. The van der Waals surface area contributed by atoms with Gasteiger partial charge in [0.1, 0.15) is 16.3 Å². The second-order valence-electron chi connectivity index (χ2n) is 6.31. The fourth-order valence-electron chi connectivity index (χ4n) is 2.93. The van der Waals surface area contributed by atoms with Crippen molar-refractivity contribution in [3.63, 3.8) is 0 Å². The summed E-state index contributed by atoms with van der Waals surface area (Å²) in [6.45, 7) is 1.74. The molecule has 0 unspecified atom stereocenters. The van der Waals surface area contributed by atoms with E-state index in [0.29, 0.717) is 20.8 Å². The minimum Gasteiger partial charge on any atom is -0.462 e. The van der Waals surface area contributed by atoms with Crippen LogP contribution in [0.25, 0.3) is 20.7 Å². The number of fused-ring (bicyclic) bond motifs is 1. The zero-order valence-electron chi connectivity index (χ0n) is 16.0. The molecule has 1 N–H and O–H groups in total. The number of carbonyl (C=O) groups excluding carboxylic acids is 2. The van der Waals surface area contributed by atoms with Crippen molar-refractivity contribution in [2.24, 2.45) is 0 Å². The molecule has 0 atom stereocenters. The third-order valence-electron chi connectivity index (χ3n) is 4.29. The van der Waals surface area contributed by atoms with Gasteiger partial charge in [0, 0.05) is 4.88 Å². The molecule has 0 saturated carbocycles. The van der Waals surface area contributed by atoms with Gasteiger partial charge in [0.05, 0.1) is 24.0 Å². The van der Waals surface area contributed by atoms with Crippen molar-refractivity contribution in [3.8, 4) is 10.4 Å². The number of rotatable bonds is 6. The maximum Gasteiger partial charge on any atom is 0.350 e. The Morgan fingerprint density at radius 3 is 2.77 bits per heavy atom. The Balaban J connectivity index is 1.61. The van der Waals surface area contributed by atoms with Crippen LogP contribution in [0.3, 0.4) is 0 Å². The molecule has 30 heavy (non-hydrogen) atoms. The lowest BCUT2D eigenvalue weighted by molar-refractivity contribution is -0.116. The number of amides is 1. The van der Waals surface area contributed by atoms with E-state index in [1.54, 1.807) is 24.4 Å².